The molecule has 0 radical (unpaired) electrons. The molecule has 134 valence electrons. The van der Waals surface area contributed by atoms with Gasteiger partial charge < -0.3 is 4.74 Å². The highest BCUT2D eigenvalue weighted by atomic mass is 16.5. The number of hydrogen-bond acceptors (Lipinski definition) is 2. The van der Waals surface area contributed by atoms with E-state index in [4.69, 9.17) is 9.72 Å². The van der Waals surface area contributed by atoms with Crippen molar-refractivity contribution in [3.8, 4) is 17.0 Å². The van der Waals surface area contributed by atoms with E-state index < -0.39 is 0 Å². The maximum absolute atomic E-state index is 5.22. The first kappa shape index (κ1) is 18.0. The van der Waals surface area contributed by atoms with Crippen molar-refractivity contribution in [3.05, 3.63) is 48.2 Å². The fourth-order valence-corrected chi connectivity index (χ4v) is 4.05. The van der Waals surface area contributed by atoms with Crippen LogP contribution in [0.3, 0.4) is 0 Å². The Kier molecular flexibility index (Phi) is 6.49. The summed E-state index contributed by atoms with van der Waals surface area (Å²) in [4.78, 5) is 4.72. The fraction of sp³-hybridized carbons (Fsp3) is 0.522. The van der Waals surface area contributed by atoms with E-state index >= 15 is 0 Å². The van der Waals surface area contributed by atoms with E-state index in [9.17, 15) is 0 Å². The smallest absolute Gasteiger partial charge is 0.118 e. The minimum atomic E-state index is 0.708. The van der Waals surface area contributed by atoms with Gasteiger partial charge >= 0.3 is 0 Å². The monoisotopic (exact) mass is 337 g/mol. The SMILES string of the molecule is CCCCCC1CCC(c2ccc(-c3ccc(OC)cc3)nc2)CC1. The molecule has 2 heteroatoms. The van der Waals surface area contributed by atoms with Crippen molar-refractivity contribution < 1.29 is 4.74 Å². The predicted octanol–water partition coefficient (Wildman–Crippen LogP) is 6.61. The van der Waals surface area contributed by atoms with Crippen molar-refractivity contribution in [2.45, 2.75) is 64.2 Å². The van der Waals surface area contributed by atoms with Crippen LogP contribution in [0.5, 0.6) is 5.75 Å². The first-order valence-corrected chi connectivity index (χ1v) is 9.90. The van der Waals surface area contributed by atoms with Crippen LogP contribution >= 0.6 is 0 Å². The quantitative estimate of drug-likeness (QED) is 0.530. The molecule has 2 aromatic rings. The van der Waals surface area contributed by atoms with Gasteiger partial charge in [0.2, 0.25) is 0 Å². The number of benzene rings is 1. The molecule has 0 aliphatic heterocycles. The molecule has 0 atom stereocenters. The van der Waals surface area contributed by atoms with Crippen LogP contribution in [0, 0.1) is 5.92 Å². The van der Waals surface area contributed by atoms with E-state index in [-0.39, 0.29) is 0 Å². The molecular formula is C23H31NO. The largest absolute Gasteiger partial charge is 0.497 e. The lowest BCUT2D eigenvalue weighted by Crippen LogP contribution is -2.13. The molecule has 1 heterocycles. The van der Waals surface area contributed by atoms with Gasteiger partial charge in [-0.25, -0.2) is 0 Å². The van der Waals surface area contributed by atoms with Gasteiger partial charge in [-0.3, -0.25) is 4.98 Å². The Morgan fingerprint density at radius 2 is 1.72 bits per heavy atom. The third kappa shape index (κ3) is 4.84. The Balaban J connectivity index is 1.56. The zero-order valence-corrected chi connectivity index (χ0v) is 15.7. The van der Waals surface area contributed by atoms with Gasteiger partial charge in [-0.15, -0.1) is 0 Å². The molecule has 25 heavy (non-hydrogen) atoms. The molecule has 1 aromatic carbocycles. The topological polar surface area (TPSA) is 22.1 Å². The second kappa shape index (κ2) is 9.03. The Bertz CT molecular complexity index is 624. The summed E-state index contributed by atoms with van der Waals surface area (Å²) in [5, 5.41) is 0. The van der Waals surface area contributed by atoms with Crippen molar-refractivity contribution in [2.24, 2.45) is 5.92 Å². The van der Waals surface area contributed by atoms with Crippen molar-refractivity contribution in [1.82, 2.24) is 4.98 Å². The van der Waals surface area contributed by atoms with Gasteiger partial charge in [0.05, 0.1) is 12.8 Å². The second-order valence-corrected chi connectivity index (χ2v) is 7.42. The summed E-state index contributed by atoms with van der Waals surface area (Å²) < 4.78 is 5.22. The van der Waals surface area contributed by atoms with Crippen LogP contribution in [0.4, 0.5) is 0 Å². The molecule has 1 aromatic heterocycles. The number of pyridine rings is 1. The van der Waals surface area contributed by atoms with Gasteiger partial charge in [0.15, 0.2) is 0 Å². The van der Waals surface area contributed by atoms with Gasteiger partial charge in [-0.2, -0.15) is 0 Å². The van der Waals surface area contributed by atoms with E-state index in [2.05, 4.69) is 37.4 Å². The molecule has 1 saturated carbocycles. The number of aromatic nitrogens is 1. The minimum absolute atomic E-state index is 0.708. The summed E-state index contributed by atoms with van der Waals surface area (Å²) in [7, 11) is 1.70. The van der Waals surface area contributed by atoms with Crippen LogP contribution in [-0.4, -0.2) is 12.1 Å². The lowest BCUT2D eigenvalue weighted by atomic mass is 9.77. The average Bonchev–Trinajstić information content (AvgIpc) is 2.69. The zero-order chi connectivity index (χ0) is 17.5. The number of rotatable bonds is 7. The molecule has 1 aliphatic rings. The van der Waals surface area contributed by atoms with Crippen molar-refractivity contribution in [3.63, 3.8) is 0 Å². The summed E-state index contributed by atoms with van der Waals surface area (Å²) >= 11 is 0. The molecule has 1 aliphatic carbocycles. The summed E-state index contributed by atoms with van der Waals surface area (Å²) in [6.45, 7) is 2.29. The summed E-state index contributed by atoms with van der Waals surface area (Å²) in [5.74, 6) is 2.56. The highest BCUT2D eigenvalue weighted by molar-refractivity contribution is 5.60. The second-order valence-electron chi connectivity index (χ2n) is 7.42. The van der Waals surface area contributed by atoms with Gasteiger partial charge in [-0.05, 0) is 73.4 Å². The standard InChI is InChI=1S/C23H31NO/c1-3-4-5-6-18-7-9-19(10-8-18)21-13-16-23(24-17-21)20-11-14-22(25-2)15-12-20/h11-19H,3-10H2,1-2H3. The zero-order valence-electron chi connectivity index (χ0n) is 15.7. The molecule has 0 unspecified atom stereocenters. The van der Waals surface area contributed by atoms with E-state index in [0.29, 0.717) is 5.92 Å². The van der Waals surface area contributed by atoms with Crippen LogP contribution in [0.2, 0.25) is 0 Å². The van der Waals surface area contributed by atoms with Crippen LogP contribution in [0.25, 0.3) is 11.3 Å². The third-order valence-corrected chi connectivity index (χ3v) is 5.71. The van der Waals surface area contributed by atoms with Crippen LogP contribution in [0.1, 0.15) is 69.8 Å². The normalized spacial score (nSPS) is 20.4. The molecule has 0 spiro atoms. The first-order valence-electron chi connectivity index (χ1n) is 9.90. The highest BCUT2D eigenvalue weighted by Gasteiger charge is 2.22. The Morgan fingerprint density at radius 3 is 2.32 bits per heavy atom. The molecule has 3 rings (SSSR count). The number of ether oxygens (including phenoxy) is 1. The number of hydrogen-bond donors (Lipinski definition) is 0. The van der Waals surface area contributed by atoms with Gasteiger partial charge in [0, 0.05) is 11.8 Å². The molecular weight excluding hydrogens is 306 g/mol. The Labute approximate surface area is 152 Å². The molecule has 2 nitrogen and oxygen atoms in total. The number of nitrogens with zero attached hydrogens (tertiary/aromatic N) is 1. The molecule has 1 fully saturated rings. The number of unbranched alkanes of at least 4 members (excludes halogenated alkanes) is 2. The lowest BCUT2D eigenvalue weighted by Gasteiger charge is -2.28. The van der Waals surface area contributed by atoms with Crippen LogP contribution in [-0.2, 0) is 0 Å². The summed E-state index contributed by atoms with van der Waals surface area (Å²) in [6, 6.07) is 12.6. The fourth-order valence-electron chi connectivity index (χ4n) is 4.05. The predicted molar refractivity (Wildman–Crippen MR) is 105 cm³/mol. The lowest BCUT2D eigenvalue weighted by molar-refractivity contribution is 0.302. The summed E-state index contributed by atoms with van der Waals surface area (Å²) in [5.41, 5.74) is 3.61. The van der Waals surface area contributed by atoms with Gasteiger partial charge in [0.1, 0.15) is 5.75 Å². The van der Waals surface area contributed by atoms with Crippen molar-refractivity contribution >= 4 is 0 Å². The van der Waals surface area contributed by atoms with E-state index in [1.807, 2.05) is 12.1 Å². The van der Waals surface area contributed by atoms with Crippen molar-refractivity contribution in [1.29, 1.82) is 0 Å². The maximum Gasteiger partial charge on any atom is 0.118 e. The molecule has 0 amide bonds. The molecule has 0 bridgehead atoms. The van der Waals surface area contributed by atoms with E-state index in [0.717, 1.165) is 22.9 Å². The Hall–Kier alpha value is -1.83. The van der Waals surface area contributed by atoms with Crippen LogP contribution < -0.4 is 4.74 Å². The van der Waals surface area contributed by atoms with E-state index in [1.54, 1.807) is 7.11 Å². The molecule has 0 saturated heterocycles. The molecule has 0 N–H and O–H groups in total. The van der Waals surface area contributed by atoms with Crippen LogP contribution in [0.15, 0.2) is 42.6 Å². The highest BCUT2D eigenvalue weighted by Crippen LogP contribution is 2.37. The van der Waals surface area contributed by atoms with E-state index in [1.165, 1.54) is 56.9 Å². The van der Waals surface area contributed by atoms with Gasteiger partial charge in [0.25, 0.3) is 0 Å². The van der Waals surface area contributed by atoms with Gasteiger partial charge in [-0.1, -0.05) is 38.7 Å². The third-order valence-electron chi connectivity index (χ3n) is 5.71. The summed E-state index contributed by atoms with van der Waals surface area (Å²) in [6.07, 6.45) is 13.2. The van der Waals surface area contributed by atoms with Crippen molar-refractivity contribution in [2.75, 3.05) is 7.11 Å². The Morgan fingerprint density at radius 1 is 0.960 bits per heavy atom. The number of methoxy groups -OCH3 is 1. The maximum atomic E-state index is 5.22. The first-order chi connectivity index (χ1) is 12.3. The average molecular weight is 338 g/mol. The minimum Gasteiger partial charge on any atom is -0.497 e.